The van der Waals surface area contributed by atoms with E-state index in [2.05, 4.69) is 20.7 Å². The number of aromatic nitrogens is 3. The number of carboxylic acid groups (broad SMARTS) is 1. The number of nitrogens with two attached hydrogens (primary N) is 1. The van der Waals surface area contributed by atoms with Gasteiger partial charge in [0.05, 0.1) is 16.8 Å². The van der Waals surface area contributed by atoms with Gasteiger partial charge in [-0.15, -0.1) is 0 Å². The van der Waals surface area contributed by atoms with Crippen LogP contribution < -0.4 is 16.4 Å². The first-order chi connectivity index (χ1) is 23.1. The van der Waals surface area contributed by atoms with Crippen LogP contribution in [0.3, 0.4) is 0 Å². The average molecular weight is 668 g/mol. The minimum Gasteiger partial charge on any atom is -0.478 e. The maximum Gasteiger partial charge on any atom is 0.335 e. The van der Waals surface area contributed by atoms with E-state index < -0.39 is 29.6 Å². The van der Waals surface area contributed by atoms with Crippen LogP contribution in [0.4, 0.5) is 15.9 Å². The molecule has 0 fully saturated rings. The highest BCUT2D eigenvalue weighted by atomic mass is 35.5. The zero-order chi connectivity index (χ0) is 34.1. The quantitative estimate of drug-likeness (QED) is 0.193. The largest absolute Gasteiger partial charge is 0.478 e. The van der Waals surface area contributed by atoms with Gasteiger partial charge in [-0.1, -0.05) is 41.9 Å². The second-order valence-electron chi connectivity index (χ2n) is 10.8. The third-order valence-corrected chi connectivity index (χ3v) is 8.35. The number of nitrogens with zero attached hydrogens (tertiary/aromatic N) is 4. The Morgan fingerprint density at radius 2 is 1.75 bits per heavy atom. The fourth-order valence-corrected chi connectivity index (χ4v) is 5.86. The van der Waals surface area contributed by atoms with Gasteiger partial charge >= 0.3 is 5.97 Å². The molecular formula is C34H27ClFN7O5. The maximum absolute atomic E-state index is 14.8. The van der Waals surface area contributed by atoms with Gasteiger partial charge in [0.2, 0.25) is 0 Å². The predicted molar refractivity (Wildman–Crippen MR) is 176 cm³/mol. The van der Waals surface area contributed by atoms with Crippen molar-refractivity contribution >= 4 is 46.8 Å². The number of halogens is 2. The first kappa shape index (κ1) is 31.9. The summed E-state index contributed by atoms with van der Waals surface area (Å²) >= 11 is 5.96. The lowest BCUT2D eigenvalue weighted by Gasteiger charge is -2.37. The topological polar surface area (TPSA) is 173 Å². The summed E-state index contributed by atoms with van der Waals surface area (Å²) in [5.41, 5.74) is 9.64. The molecule has 0 aliphatic carbocycles. The smallest absolute Gasteiger partial charge is 0.335 e. The van der Waals surface area contributed by atoms with E-state index in [4.69, 9.17) is 17.3 Å². The van der Waals surface area contributed by atoms with Crippen LogP contribution in [0, 0.1) is 5.82 Å². The first-order valence-corrected chi connectivity index (χ1v) is 15.0. The van der Waals surface area contributed by atoms with Gasteiger partial charge in [-0.3, -0.25) is 19.4 Å². The summed E-state index contributed by atoms with van der Waals surface area (Å²) in [5.74, 6) is -3.55. The van der Waals surface area contributed by atoms with Crippen molar-refractivity contribution in [3.63, 3.8) is 0 Å². The Hall–Kier alpha value is -6.08. The number of benzene rings is 3. The Bertz CT molecular complexity index is 2080. The Morgan fingerprint density at radius 1 is 1.00 bits per heavy atom. The maximum atomic E-state index is 14.8. The molecule has 0 radical (unpaired) electrons. The van der Waals surface area contributed by atoms with Crippen LogP contribution in [-0.2, 0) is 11.2 Å². The molecule has 1 aliphatic heterocycles. The molecule has 5 aromatic rings. The van der Waals surface area contributed by atoms with Crippen molar-refractivity contribution < 1.29 is 28.7 Å². The van der Waals surface area contributed by atoms with Gasteiger partial charge in [-0.25, -0.2) is 13.9 Å². The van der Waals surface area contributed by atoms with Gasteiger partial charge in [-0.05, 0) is 65.6 Å². The van der Waals surface area contributed by atoms with Crippen LogP contribution in [0.1, 0.15) is 48.4 Å². The van der Waals surface area contributed by atoms with Crippen LogP contribution in [0.25, 0.3) is 16.8 Å². The normalized spacial score (nSPS) is 13.8. The van der Waals surface area contributed by atoms with E-state index in [-0.39, 0.29) is 45.8 Å². The van der Waals surface area contributed by atoms with Gasteiger partial charge in [0, 0.05) is 31.0 Å². The average Bonchev–Trinajstić information content (AvgIpc) is 3.48. The summed E-state index contributed by atoms with van der Waals surface area (Å²) in [4.78, 5) is 57.3. The molecule has 1 unspecified atom stereocenters. The molecule has 3 heterocycles. The Labute approximate surface area is 278 Å². The van der Waals surface area contributed by atoms with Crippen molar-refractivity contribution in [3.8, 4) is 16.8 Å². The van der Waals surface area contributed by atoms with Crippen molar-refractivity contribution in [1.82, 2.24) is 25.0 Å². The highest BCUT2D eigenvalue weighted by molar-refractivity contribution is 6.30. The van der Waals surface area contributed by atoms with Crippen molar-refractivity contribution in [1.29, 1.82) is 0 Å². The SMILES string of the molecule is CNC(=O)c1ccc(-c2cccc3c2CCN(C(=O)c2cnn(-c4cccc(Cl)c4F)c2N)C3C(=O)Nc2ccc(C(=O)O)cc2)cn1. The Balaban J connectivity index is 1.40. The van der Waals surface area contributed by atoms with E-state index in [9.17, 15) is 28.7 Å². The number of aromatic carboxylic acids is 1. The molecule has 12 nitrogen and oxygen atoms in total. The molecule has 0 saturated heterocycles. The summed E-state index contributed by atoms with van der Waals surface area (Å²) in [6.45, 7) is 0.0960. The van der Waals surface area contributed by atoms with E-state index in [0.717, 1.165) is 15.8 Å². The monoisotopic (exact) mass is 667 g/mol. The molecule has 1 atom stereocenters. The first-order valence-electron chi connectivity index (χ1n) is 14.6. The van der Waals surface area contributed by atoms with Crippen LogP contribution in [0.5, 0.6) is 0 Å². The number of hydrogen-bond donors (Lipinski definition) is 4. The minimum absolute atomic E-state index is 0.0390. The molecule has 242 valence electrons. The number of anilines is 2. The zero-order valence-corrected chi connectivity index (χ0v) is 26.0. The summed E-state index contributed by atoms with van der Waals surface area (Å²) in [5, 5.41) is 18.6. The lowest BCUT2D eigenvalue weighted by atomic mass is 9.86. The number of rotatable bonds is 7. The standard InChI is InChI=1S/C34H27ClFN7O5/c1-38-31(44)26-13-10-19(16-39-26)21-4-2-5-23-22(21)14-15-42(29(23)32(45)41-20-11-8-18(9-12-20)34(47)48)33(46)24-17-40-43(30(24)37)27-7-3-6-25(35)28(27)36/h2-13,16-17,29H,14-15,37H2,1H3,(H,38,44)(H,41,45)(H,47,48). The van der Waals surface area contributed by atoms with Crippen molar-refractivity contribution in [2.45, 2.75) is 12.5 Å². The zero-order valence-electron chi connectivity index (χ0n) is 25.3. The predicted octanol–water partition coefficient (Wildman–Crippen LogP) is 4.75. The van der Waals surface area contributed by atoms with Crippen LogP contribution >= 0.6 is 11.6 Å². The second kappa shape index (κ2) is 13.0. The van der Waals surface area contributed by atoms with Crippen LogP contribution in [-0.4, -0.2) is 62.1 Å². The van der Waals surface area contributed by atoms with Crippen LogP contribution in [0.2, 0.25) is 5.02 Å². The number of nitrogens with one attached hydrogen (secondary N) is 2. The number of carbonyl (C=O) groups is 4. The third kappa shape index (κ3) is 5.82. The molecule has 0 spiro atoms. The van der Waals surface area contributed by atoms with Gasteiger partial charge in [0.1, 0.15) is 28.8 Å². The van der Waals surface area contributed by atoms with Crippen molar-refractivity contribution in [2.24, 2.45) is 0 Å². The number of carboxylic acids is 1. The molecule has 48 heavy (non-hydrogen) atoms. The Morgan fingerprint density at radius 3 is 2.44 bits per heavy atom. The third-order valence-electron chi connectivity index (χ3n) is 8.06. The minimum atomic E-state index is -1.16. The molecule has 0 saturated carbocycles. The van der Waals surface area contributed by atoms with E-state index in [1.807, 2.05) is 6.07 Å². The van der Waals surface area contributed by atoms with Gasteiger partial charge in [0.25, 0.3) is 17.7 Å². The van der Waals surface area contributed by atoms with Crippen LogP contribution in [0.15, 0.2) is 85.2 Å². The fourth-order valence-electron chi connectivity index (χ4n) is 5.69. The lowest BCUT2D eigenvalue weighted by Crippen LogP contribution is -2.45. The molecule has 1 aliphatic rings. The summed E-state index contributed by atoms with van der Waals surface area (Å²) in [6.07, 6.45) is 3.13. The highest BCUT2D eigenvalue weighted by Crippen LogP contribution is 2.38. The van der Waals surface area contributed by atoms with E-state index in [1.54, 1.807) is 30.5 Å². The second-order valence-corrected chi connectivity index (χ2v) is 11.2. The fraction of sp³-hybridized carbons (Fsp3) is 0.118. The Kier molecular flexibility index (Phi) is 8.61. The van der Waals surface area contributed by atoms with Gasteiger partial charge < -0.3 is 26.4 Å². The van der Waals surface area contributed by atoms with Gasteiger partial charge in [-0.2, -0.15) is 5.10 Å². The van der Waals surface area contributed by atoms with E-state index in [1.165, 1.54) is 60.6 Å². The summed E-state index contributed by atoms with van der Waals surface area (Å²) in [7, 11) is 1.51. The molecule has 14 heteroatoms. The van der Waals surface area contributed by atoms with Gasteiger partial charge in [0.15, 0.2) is 5.82 Å². The number of fused-ring (bicyclic) bond motifs is 1. The number of pyridine rings is 1. The molecule has 3 aromatic carbocycles. The number of amides is 3. The number of carbonyl (C=O) groups excluding carboxylic acids is 3. The highest BCUT2D eigenvalue weighted by Gasteiger charge is 2.38. The number of hydrogen-bond acceptors (Lipinski definition) is 7. The molecule has 0 bridgehead atoms. The molecule has 6 rings (SSSR count). The van der Waals surface area contributed by atoms with E-state index >= 15 is 0 Å². The molecular weight excluding hydrogens is 641 g/mol. The van der Waals surface area contributed by atoms with Crippen molar-refractivity contribution in [2.75, 3.05) is 24.6 Å². The van der Waals surface area contributed by atoms with Crippen molar-refractivity contribution in [3.05, 3.63) is 124 Å². The molecule has 5 N–H and O–H groups in total. The molecule has 2 aromatic heterocycles. The molecule has 3 amide bonds. The number of nitrogen functional groups attached to an aromatic ring is 1. The lowest BCUT2D eigenvalue weighted by molar-refractivity contribution is -0.121. The summed E-state index contributed by atoms with van der Waals surface area (Å²) < 4.78 is 15.9. The summed E-state index contributed by atoms with van der Waals surface area (Å²) in [6, 6.07) is 17.5. The van der Waals surface area contributed by atoms with E-state index in [0.29, 0.717) is 23.2 Å².